The van der Waals surface area contributed by atoms with Crippen molar-refractivity contribution in [2.45, 2.75) is 25.7 Å². The van der Waals surface area contributed by atoms with E-state index in [1.165, 1.54) is 0 Å². The fraction of sp³-hybridized carbons (Fsp3) is 0.417. The molecule has 1 aromatic carbocycles. The summed E-state index contributed by atoms with van der Waals surface area (Å²) in [6.45, 7) is 5.45. The van der Waals surface area contributed by atoms with Gasteiger partial charge < -0.3 is 0 Å². The predicted molar refractivity (Wildman–Crippen MR) is 59.5 cm³/mol. The lowest BCUT2D eigenvalue weighted by atomic mass is 9.94. The van der Waals surface area contributed by atoms with Crippen molar-refractivity contribution in [3.63, 3.8) is 0 Å². The third-order valence-corrected chi connectivity index (χ3v) is 2.49. The van der Waals surface area contributed by atoms with E-state index in [0.29, 0.717) is 5.02 Å². The van der Waals surface area contributed by atoms with Crippen molar-refractivity contribution in [1.29, 1.82) is 0 Å². The Kier molecular flexibility index (Phi) is 4.40. The van der Waals surface area contributed by atoms with E-state index in [9.17, 15) is 4.39 Å². The van der Waals surface area contributed by atoms with Crippen molar-refractivity contribution in [3.8, 4) is 0 Å². The number of hydrogen-bond acceptors (Lipinski definition) is 0. The topological polar surface area (TPSA) is 0 Å². The molecule has 1 radical (unpaired) electrons. The first-order valence-corrected chi connectivity index (χ1v) is 5.24. The molecule has 2 heteroatoms. The highest BCUT2D eigenvalue weighted by molar-refractivity contribution is 6.30. The molecule has 0 heterocycles. The van der Waals surface area contributed by atoms with Crippen molar-refractivity contribution in [2.75, 3.05) is 6.67 Å². The van der Waals surface area contributed by atoms with E-state index in [2.05, 4.69) is 13.8 Å². The van der Waals surface area contributed by atoms with Crippen LogP contribution < -0.4 is 0 Å². The zero-order valence-corrected chi connectivity index (χ0v) is 9.15. The van der Waals surface area contributed by atoms with E-state index in [-0.39, 0.29) is 5.92 Å². The van der Waals surface area contributed by atoms with Gasteiger partial charge in [0.25, 0.3) is 0 Å². The predicted octanol–water partition coefficient (Wildman–Crippen LogP) is 4.18. The van der Waals surface area contributed by atoms with Crippen LogP contribution in [-0.2, 0) is 6.42 Å². The van der Waals surface area contributed by atoms with E-state index < -0.39 is 6.67 Å². The van der Waals surface area contributed by atoms with E-state index in [4.69, 9.17) is 11.6 Å². The van der Waals surface area contributed by atoms with E-state index in [0.717, 1.165) is 24.0 Å². The van der Waals surface area contributed by atoms with Gasteiger partial charge in [-0.15, -0.1) is 0 Å². The summed E-state index contributed by atoms with van der Waals surface area (Å²) in [6.07, 6.45) is 2.01. The van der Waals surface area contributed by atoms with Crippen LogP contribution in [0.3, 0.4) is 0 Å². The molecule has 14 heavy (non-hydrogen) atoms. The Hall–Kier alpha value is -0.560. The first-order chi connectivity index (χ1) is 6.69. The first-order valence-electron chi connectivity index (χ1n) is 4.86. The summed E-state index contributed by atoms with van der Waals surface area (Å²) in [6, 6.07) is 5.64. The quantitative estimate of drug-likeness (QED) is 0.704. The van der Waals surface area contributed by atoms with Gasteiger partial charge >= 0.3 is 0 Å². The third kappa shape index (κ3) is 2.71. The van der Waals surface area contributed by atoms with Gasteiger partial charge in [0.1, 0.15) is 0 Å². The summed E-state index contributed by atoms with van der Waals surface area (Å²) >= 11 is 5.87. The molecule has 0 N–H and O–H groups in total. The molecule has 0 amide bonds. The number of halogens is 2. The van der Waals surface area contributed by atoms with Crippen molar-refractivity contribution in [3.05, 3.63) is 41.3 Å². The van der Waals surface area contributed by atoms with Crippen LogP contribution in [0.2, 0.25) is 5.02 Å². The van der Waals surface area contributed by atoms with Crippen molar-refractivity contribution in [1.82, 2.24) is 0 Å². The van der Waals surface area contributed by atoms with Gasteiger partial charge in [-0.25, -0.2) is 0 Å². The first kappa shape index (κ1) is 11.5. The Bertz CT molecular complexity index is 296. The van der Waals surface area contributed by atoms with Crippen molar-refractivity contribution in [2.24, 2.45) is 0 Å². The minimum Gasteiger partial charge on any atom is -0.250 e. The van der Waals surface area contributed by atoms with Gasteiger partial charge in [-0.3, -0.25) is 4.39 Å². The number of hydrogen-bond donors (Lipinski definition) is 0. The smallest absolute Gasteiger partial charge is 0.0963 e. The van der Waals surface area contributed by atoms with Crippen LogP contribution in [0.5, 0.6) is 0 Å². The van der Waals surface area contributed by atoms with Gasteiger partial charge in [0.05, 0.1) is 6.67 Å². The lowest BCUT2D eigenvalue weighted by Gasteiger charge is -2.13. The fourth-order valence-electron chi connectivity index (χ4n) is 1.53. The maximum atomic E-state index is 12.5. The SMILES string of the molecule is [CH2]C(CF)c1cc(Cl)ccc1CCC. The normalized spacial score (nSPS) is 12.9. The zero-order valence-electron chi connectivity index (χ0n) is 8.39. The molecule has 0 nitrogen and oxygen atoms in total. The Morgan fingerprint density at radius 3 is 2.79 bits per heavy atom. The molecular formula is C12H15ClF. The highest BCUT2D eigenvalue weighted by atomic mass is 35.5. The van der Waals surface area contributed by atoms with Crippen LogP contribution >= 0.6 is 11.6 Å². The summed E-state index contributed by atoms with van der Waals surface area (Å²) in [5.74, 6) is -0.296. The van der Waals surface area contributed by atoms with Gasteiger partial charge in [0.15, 0.2) is 0 Å². The van der Waals surface area contributed by atoms with Gasteiger partial charge in [-0.05, 0) is 36.6 Å². The van der Waals surface area contributed by atoms with Crippen LogP contribution in [0.4, 0.5) is 4.39 Å². The molecule has 0 spiro atoms. The molecule has 1 aromatic rings. The molecule has 0 aliphatic rings. The Morgan fingerprint density at radius 2 is 2.21 bits per heavy atom. The van der Waals surface area contributed by atoms with Gasteiger partial charge in [0, 0.05) is 10.9 Å². The van der Waals surface area contributed by atoms with Crippen LogP contribution in [0.1, 0.15) is 30.4 Å². The lowest BCUT2D eigenvalue weighted by molar-refractivity contribution is 0.464. The average molecular weight is 214 g/mol. The monoisotopic (exact) mass is 213 g/mol. The summed E-state index contributed by atoms with van der Waals surface area (Å²) in [4.78, 5) is 0. The molecule has 0 saturated heterocycles. The Morgan fingerprint density at radius 1 is 1.50 bits per heavy atom. The largest absolute Gasteiger partial charge is 0.250 e. The molecule has 0 bridgehead atoms. The second-order valence-corrected chi connectivity index (χ2v) is 3.88. The lowest BCUT2D eigenvalue weighted by Crippen LogP contribution is -2.01. The van der Waals surface area contributed by atoms with Crippen LogP contribution in [-0.4, -0.2) is 6.67 Å². The summed E-state index contributed by atoms with van der Waals surface area (Å²) in [5.41, 5.74) is 2.11. The molecular weight excluding hydrogens is 199 g/mol. The number of alkyl halides is 1. The fourth-order valence-corrected chi connectivity index (χ4v) is 1.71. The van der Waals surface area contributed by atoms with Gasteiger partial charge in [0.2, 0.25) is 0 Å². The maximum absolute atomic E-state index is 12.5. The second-order valence-electron chi connectivity index (χ2n) is 3.44. The van der Waals surface area contributed by atoms with E-state index in [1.54, 1.807) is 0 Å². The van der Waals surface area contributed by atoms with Crippen LogP contribution in [0.25, 0.3) is 0 Å². The van der Waals surface area contributed by atoms with Gasteiger partial charge in [-0.1, -0.05) is 31.0 Å². The van der Waals surface area contributed by atoms with Crippen molar-refractivity contribution >= 4 is 11.6 Å². The highest BCUT2D eigenvalue weighted by Crippen LogP contribution is 2.24. The molecule has 1 unspecified atom stereocenters. The maximum Gasteiger partial charge on any atom is 0.0963 e. The number of rotatable bonds is 4. The number of aryl methyl sites for hydroxylation is 1. The summed E-state index contributed by atoms with van der Waals surface area (Å²) in [7, 11) is 0. The molecule has 1 rings (SSSR count). The highest BCUT2D eigenvalue weighted by Gasteiger charge is 2.10. The molecule has 77 valence electrons. The molecule has 0 fully saturated rings. The molecule has 0 aliphatic carbocycles. The molecule has 1 atom stereocenters. The van der Waals surface area contributed by atoms with E-state index in [1.807, 2.05) is 18.2 Å². The minimum atomic E-state index is -0.433. The van der Waals surface area contributed by atoms with Crippen LogP contribution in [0.15, 0.2) is 18.2 Å². The Labute approximate surface area is 90.1 Å². The third-order valence-electron chi connectivity index (χ3n) is 2.25. The zero-order chi connectivity index (χ0) is 10.6. The molecule has 0 aromatic heterocycles. The molecule has 0 aliphatic heterocycles. The van der Waals surface area contributed by atoms with E-state index >= 15 is 0 Å². The molecule has 0 saturated carbocycles. The summed E-state index contributed by atoms with van der Waals surface area (Å²) < 4.78 is 12.5. The minimum absolute atomic E-state index is 0.296. The summed E-state index contributed by atoms with van der Waals surface area (Å²) in [5, 5.41) is 0.655. The van der Waals surface area contributed by atoms with Crippen molar-refractivity contribution < 1.29 is 4.39 Å². The van der Waals surface area contributed by atoms with Gasteiger partial charge in [-0.2, -0.15) is 0 Å². The average Bonchev–Trinajstić information content (AvgIpc) is 2.20. The second kappa shape index (κ2) is 5.35. The standard InChI is InChI=1S/C12H15ClF/c1-3-4-10-5-6-11(13)7-12(10)9(2)8-14/h5-7,9H,2-4,8H2,1H3. The number of benzene rings is 1. The van der Waals surface area contributed by atoms with Crippen LogP contribution in [0, 0.1) is 6.92 Å². The Balaban J connectivity index is 3.02.